The normalized spacial score (nSPS) is 14.1. The second-order valence-electron chi connectivity index (χ2n) is 4.17. The van der Waals surface area contributed by atoms with E-state index in [-0.39, 0.29) is 11.8 Å². The summed E-state index contributed by atoms with van der Waals surface area (Å²) in [4.78, 5) is 11.8. The number of hydrogen-bond acceptors (Lipinski definition) is 2. The zero-order chi connectivity index (χ0) is 12.8. The van der Waals surface area contributed by atoms with Gasteiger partial charge in [-0.2, -0.15) is 0 Å². The van der Waals surface area contributed by atoms with Crippen LogP contribution in [0.2, 0.25) is 0 Å². The molecular formula is C13H19NO2S. The summed E-state index contributed by atoms with van der Waals surface area (Å²) >= 11 is 0. The topological polar surface area (TPSA) is 46.2 Å². The third-order valence-electron chi connectivity index (χ3n) is 2.69. The molecule has 2 atom stereocenters. The number of nitrogens with one attached hydrogen (secondary N) is 1. The van der Waals surface area contributed by atoms with Gasteiger partial charge in [-0.05, 0) is 18.1 Å². The molecule has 1 aromatic carbocycles. The fourth-order valence-electron chi connectivity index (χ4n) is 1.43. The molecule has 0 aliphatic heterocycles. The number of carbonyl (C=O) groups is 1. The van der Waals surface area contributed by atoms with E-state index in [1.165, 1.54) is 0 Å². The Morgan fingerprint density at radius 1 is 1.41 bits per heavy atom. The third-order valence-corrected chi connectivity index (χ3v) is 3.41. The number of carbonyl (C=O) groups excluding carboxylic acids is 1. The van der Waals surface area contributed by atoms with Gasteiger partial charge in [-0.15, -0.1) is 0 Å². The van der Waals surface area contributed by atoms with Gasteiger partial charge in [0, 0.05) is 28.7 Å². The van der Waals surface area contributed by atoms with E-state index < -0.39 is 10.8 Å². The fraction of sp³-hybridized carbons (Fsp3) is 0.462. The largest absolute Gasteiger partial charge is 0.326 e. The Labute approximate surface area is 105 Å². The van der Waals surface area contributed by atoms with E-state index in [9.17, 15) is 9.00 Å². The van der Waals surface area contributed by atoms with Crippen LogP contribution in [0.1, 0.15) is 25.8 Å². The maximum absolute atomic E-state index is 11.8. The number of amides is 1. The first-order valence-corrected chi connectivity index (χ1v) is 7.46. The first-order valence-electron chi connectivity index (χ1n) is 5.73. The highest BCUT2D eigenvalue weighted by molar-refractivity contribution is 7.83. The van der Waals surface area contributed by atoms with Gasteiger partial charge in [0.2, 0.25) is 5.91 Å². The van der Waals surface area contributed by atoms with Crippen LogP contribution in [-0.4, -0.2) is 16.4 Å². The summed E-state index contributed by atoms with van der Waals surface area (Å²) in [5.74, 6) is 0.480. The van der Waals surface area contributed by atoms with Crippen molar-refractivity contribution < 1.29 is 9.00 Å². The molecule has 1 aromatic rings. The molecule has 1 N–H and O–H groups in total. The number of anilines is 1. The van der Waals surface area contributed by atoms with Gasteiger partial charge in [0.15, 0.2) is 0 Å². The van der Waals surface area contributed by atoms with Gasteiger partial charge in [0.25, 0.3) is 0 Å². The molecule has 94 valence electrons. The molecule has 4 heteroatoms. The van der Waals surface area contributed by atoms with Crippen LogP contribution in [0.5, 0.6) is 0 Å². The van der Waals surface area contributed by atoms with Crippen molar-refractivity contribution in [1.82, 2.24) is 0 Å². The van der Waals surface area contributed by atoms with E-state index in [0.717, 1.165) is 17.7 Å². The van der Waals surface area contributed by atoms with Crippen molar-refractivity contribution in [2.75, 3.05) is 11.6 Å². The highest BCUT2D eigenvalue weighted by atomic mass is 32.2. The predicted octanol–water partition coefficient (Wildman–Crippen LogP) is 2.55. The quantitative estimate of drug-likeness (QED) is 0.876. The van der Waals surface area contributed by atoms with E-state index in [1.54, 1.807) is 6.26 Å². The van der Waals surface area contributed by atoms with E-state index in [0.29, 0.717) is 5.75 Å². The van der Waals surface area contributed by atoms with Crippen LogP contribution in [-0.2, 0) is 21.3 Å². The average molecular weight is 253 g/mol. The molecule has 0 aliphatic rings. The van der Waals surface area contributed by atoms with E-state index >= 15 is 0 Å². The van der Waals surface area contributed by atoms with Crippen molar-refractivity contribution >= 4 is 22.4 Å². The van der Waals surface area contributed by atoms with Gasteiger partial charge >= 0.3 is 0 Å². The highest BCUT2D eigenvalue weighted by Crippen LogP contribution is 2.18. The van der Waals surface area contributed by atoms with Crippen LogP contribution in [0.15, 0.2) is 24.3 Å². The van der Waals surface area contributed by atoms with Crippen molar-refractivity contribution in [2.24, 2.45) is 5.92 Å². The summed E-state index contributed by atoms with van der Waals surface area (Å²) in [5, 5.41) is 2.89. The zero-order valence-corrected chi connectivity index (χ0v) is 11.3. The molecule has 0 saturated heterocycles. The highest BCUT2D eigenvalue weighted by Gasteiger charge is 2.12. The van der Waals surface area contributed by atoms with E-state index in [1.807, 2.05) is 38.1 Å². The number of rotatable bonds is 5. The van der Waals surface area contributed by atoms with Crippen molar-refractivity contribution in [1.29, 1.82) is 0 Å². The molecule has 0 bridgehead atoms. The average Bonchev–Trinajstić information content (AvgIpc) is 2.29. The Kier molecular flexibility index (Phi) is 5.35. The Morgan fingerprint density at radius 3 is 2.65 bits per heavy atom. The van der Waals surface area contributed by atoms with Gasteiger partial charge in [-0.1, -0.05) is 32.0 Å². The monoisotopic (exact) mass is 253 g/mol. The van der Waals surface area contributed by atoms with Gasteiger partial charge in [0.1, 0.15) is 0 Å². The number of para-hydroxylation sites is 1. The lowest BCUT2D eigenvalue weighted by molar-refractivity contribution is -0.119. The Hall–Kier alpha value is -1.16. The maximum Gasteiger partial charge on any atom is 0.227 e. The summed E-state index contributed by atoms with van der Waals surface area (Å²) < 4.78 is 11.2. The number of hydrogen-bond donors (Lipinski definition) is 1. The van der Waals surface area contributed by atoms with Crippen molar-refractivity contribution in [3.05, 3.63) is 29.8 Å². The van der Waals surface area contributed by atoms with Crippen LogP contribution in [0.4, 0.5) is 5.69 Å². The zero-order valence-electron chi connectivity index (χ0n) is 10.5. The second-order valence-corrected chi connectivity index (χ2v) is 5.61. The predicted molar refractivity (Wildman–Crippen MR) is 72.3 cm³/mol. The molecular weight excluding hydrogens is 234 g/mol. The molecule has 2 unspecified atom stereocenters. The molecule has 0 saturated carbocycles. The van der Waals surface area contributed by atoms with E-state index in [2.05, 4.69) is 5.32 Å². The van der Waals surface area contributed by atoms with Crippen LogP contribution < -0.4 is 5.32 Å². The molecule has 1 amide bonds. The van der Waals surface area contributed by atoms with Crippen LogP contribution in [0.3, 0.4) is 0 Å². The summed E-state index contributed by atoms with van der Waals surface area (Å²) in [6.45, 7) is 3.88. The van der Waals surface area contributed by atoms with Crippen molar-refractivity contribution in [3.8, 4) is 0 Å². The number of benzene rings is 1. The summed E-state index contributed by atoms with van der Waals surface area (Å²) in [5.41, 5.74) is 1.69. The molecule has 0 aliphatic carbocycles. The minimum atomic E-state index is -0.905. The van der Waals surface area contributed by atoms with E-state index in [4.69, 9.17) is 0 Å². The maximum atomic E-state index is 11.8. The molecule has 0 aromatic heterocycles. The molecule has 17 heavy (non-hydrogen) atoms. The second kappa shape index (κ2) is 6.55. The SMILES string of the molecule is CCC(C)C(=O)Nc1ccccc1CS(C)=O. The molecule has 0 radical (unpaired) electrons. The molecule has 1 rings (SSSR count). The first kappa shape index (κ1) is 13.9. The molecule has 0 fully saturated rings. The molecule has 0 spiro atoms. The lowest BCUT2D eigenvalue weighted by Crippen LogP contribution is -2.20. The molecule has 0 heterocycles. The van der Waals surface area contributed by atoms with Crippen molar-refractivity contribution in [2.45, 2.75) is 26.0 Å². The fourth-order valence-corrected chi connectivity index (χ4v) is 2.12. The van der Waals surface area contributed by atoms with Crippen molar-refractivity contribution in [3.63, 3.8) is 0 Å². The van der Waals surface area contributed by atoms with Crippen LogP contribution in [0.25, 0.3) is 0 Å². The van der Waals surface area contributed by atoms with Gasteiger partial charge in [-0.3, -0.25) is 9.00 Å². The third kappa shape index (κ3) is 4.30. The minimum Gasteiger partial charge on any atom is -0.326 e. The first-order chi connectivity index (χ1) is 8.04. The standard InChI is InChI=1S/C13H19NO2S/c1-4-10(2)13(15)14-12-8-6-5-7-11(12)9-17(3)16/h5-8,10H,4,9H2,1-3H3,(H,14,15). The summed E-state index contributed by atoms with van der Waals surface area (Å²) in [6.07, 6.45) is 2.47. The minimum absolute atomic E-state index is 0.00446. The molecule has 3 nitrogen and oxygen atoms in total. The van der Waals surface area contributed by atoms with Gasteiger partial charge < -0.3 is 5.32 Å². The summed E-state index contributed by atoms with van der Waals surface area (Å²) in [7, 11) is -0.905. The lowest BCUT2D eigenvalue weighted by atomic mass is 10.1. The van der Waals surface area contributed by atoms with Gasteiger partial charge in [0.05, 0.1) is 5.75 Å². The lowest BCUT2D eigenvalue weighted by Gasteiger charge is -2.13. The Bertz CT molecular complexity index is 418. The Morgan fingerprint density at radius 2 is 2.06 bits per heavy atom. The van der Waals surface area contributed by atoms with Gasteiger partial charge in [-0.25, -0.2) is 0 Å². The smallest absolute Gasteiger partial charge is 0.227 e. The van der Waals surface area contributed by atoms with Crippen LogP contribution in [0, 0.1) is 5.92 Å². The Balaban J connectivity index is 2.83. The summed E-state index contributed by atoms with van der Waals surface area (Å²) in [6, 6.07) is 7.51. The van der Waals surface area contributed by atoms with Crippen LogP contribution >= 0.6 is 0 Å².